The van der Waals surface area contributed by atoms with E-state index in [1.165, 1.54) is 0 Å². The van der Waals surface area contributed by atoms with E-state index in [-0.39, 0.29) is 11.5 Å². The molecule has 1 aliphatic rings. The van der Waals surface area contributed by atoms with Crippen LogP contribution in [0.2, 0.25) is 0 Å². The van der Waals surface area contributed by atoms with Crippen molar-refractivity contribution in [3.8, 4) is 11.1 Å². The summed E-state index contributed by atoms with van der Waals surface area (Å²) < 4.78 is 87.4. The van der Waals surface area contributed by atoms with Gasteiger partial charge < -0.3 is 20.6 Å². The molecule has 0 amide bonds. The summed E-state index contributed by atoms with van der Waals surface area (Å²) in [4.78, 5) is 23.7. The number of alkyl halides is 3. The molecule has 0 aliphatic carbocycles. The molecule has 0 unspecified atom stereocenters. The second-order valence-electron chi connectivity index (χ2n) is 9.02. The van der Waals surface area contributed by atoms with E-state index in [4.69, 9.17) is 9.90 Å². The molecule has 0 bridgehead atoms. The number of nitrogens with zero attached hydrogens (tertiary/aromatic N) is 4. The highest BCUT2D eigenvalue weighted by molar-refractivity contribution is 7.92. The number of rotatable bonds is 6. The number of carboxylic acid groups (broad SMARTS) is 1. The molecule has 0 radical (unpaired) electrons. The predicted octanol–water partition coefficient (Wildman–Crippen LogP) is 3.86. The first-order valence-corrected chi connectivity index (χ1v) is 13.9. The molecule has 0 spiro atoms. The molecule has 2 aromatic heterocycles. The molecule has 1 fully saturated rings. The van der Waals surface area contributed by atoms with Crippen molar-refractivity contribution in [1.82, 2.24) is 20.3 Å². The van der Waals surface area contributed by atoms with Crippen molar-refractivity contribution in [3.63, 3.8) is 0 Å². The number of aromatic nitrogens is 3. The summed E-state index contributed by atoms with van der Waals surface area (Å²) in [6.07, 6.45) is -1.93. The van der Waals surface area contributed by atoms with Crippen LogP contribution in [-0.2, 0) is 14.8 Å². The third kappa shape index (κ3) is 7.42. The van der Waals surface area contributed by atoms with Crippen LogP contribution < -0.4 is 20.3 Å². The molecular weight excluding hydrogens is 601 g/mol. The van der Waals surface area contributed by atoms with Gasteiger partial charge in [0.05, 0.1) is 11.2 Å². The first-order valence-electron chi connectivity index (χ1n) is 12.5. The second kappa shape index (κ2) is 12.7. The van der Waals surface area contributed by atoms with E-state index in [1.54, 1.807) is 25.6 Å². The van der Waals surface area contributed by atoms with Crippen LogP contribution >= 0.6 is 0 Å². The van der Waals surface area contributed by atoms with Crippen LogP contribution in [0.4, 0.5) is 39.3 Å². The zero-order valence-corrected chi connectivity index (χ0v) is 23.1. The number of carbonyl (C=O) groups is 1. The quantitative estimate of drug-likeness (QED) is 0.233. The fraction of sp³-hybridized carbons (Fsp3) is 0.231. The van der Waals surface area contributed by atoms with E-state index in [0.29, 0.717) is 11.6 Å². The minimum Gasteiger partial charge on any atom is -0.475 e. The lowest BCUT2D eigenvalue weighted by molar-refractivity contribution is -0.192. The monoisotopic (exact) mass is 625 g/mol. The van der Waals surface area contributed by atoms with Crippen molar-refractivity contribution in [1.29, 1.82) is 0 Å². The number of fused-ring (bicyclic) bond motifs is 1. The standard InChI is InChI=1S/C24H23F2N7O2S.C2HF3O2/c1-27-23-21(32-36(34,35)22-5-3-17(25)12-19(22)26)11-16(13-29-23)15-2-4-20-18(10-15)24(31-14-30-20)33-8-6-28-7-9-33;3-2(4,5)1(6)7/h2-5,10-14,28,32H,6-9H2,1H3,(H,27,29);(H,6,7). The molecule has 2 aromatic carbocycles. The van der Waals surface area contributed by atoms with E-state index in [0.717, 1.165) is 60.6 Å². The zero-order chi connectivity index (χ0) is 31.4. The Labute approximate surface area is 241 Å². The van der Waals surface area contributed by atoms with Gasteiger partial charge in [0, 0.05) is 56.4 Å². The Hall–Kier alpha value is -4.64. The summed E-state index contributed by atoms with van der Waals surface area (Å²) in [5.74, 6) is -3.74. The molecular formula is C26H24F5N7O4S. The number of piperazine rings is 1. The molecule has 5 rings (SSSR count). The van der Waals surface area contributed by atoms with E-state index < -0.39 is 38.7 Å². The first-order chi connectivity index (χ1) is 20.3. The maximum atomic E-state index is 14.2. The number of pyridine rings is 1. The van der Waals surface area contributed by atoms with Crippen LogP contribution in [0.25, 0.3) is 22.0 Å². The number of sulfonamides is 1. The van der Waals surface area contributed by atoms with E-state index in [2.05, 4.69) is 35.2 Å². The molecule has 1 saturated heterocycles. The lowest BCUT2D eigenvalue weighted by Crippen LogP contribution is -2.44. The summed E-state index contributed by atoms with van der Waals surface area (Å²) in [6.45, 7) is 3.36. The number of benzene rings is 2. The highest BCUT2D eigenvalue weighted by Gasteiger charge is 2.38. The summed E-state index contributed by atoms with van der Waals surface area (Å²) in [6, 6.07) is 9.58. The van der Waals surface area contributed by atoms with Crippen molar-refractivity contribution in [3.05, 3.63) is 66.6 Å². The third-order valence-electron chi connectivity index (χ3n) is 6.16. The van der Waals surface area contributed by atoms with Gasteiger partial charge in [-0.25, -0.2) is 36.9 Å². The molecule has 228 valence electrons. The summed E-state index contributed by atoms with van der Waals surface area (Å²) in [7, 11) is -2.76. The van der Waals surface area contributed by atoms with E-state index in [1.807, 2.05) is 18.2 Å². The van der Waals surface area contributed by atoms with E-state index in [9.17, 15) is 30.4 Å². The molecule has 43 heavy (non-hydrogen) atoms. The van der Waals surface area contributed by atoms with Gasteiger partial charge in [0.25, 0.3) is 10.0 Å². The Balaban J connectivity index is 0.000000541. The van der Waals surface area contributed by atoms with E-state index >= 15 is 0 Å². The minimum absolute atomic E-state index is 0.116. The maximum absolute atomic E-state index is 14.2. The highest BCUT2D eigenvalue weighted by Crippen LogP contribution is 2.32. The lowest BCUT2D eigenvalue weighted by Gasteiger charge is -2.29. The Bertz CT molecular complexity index is 1750. The molecule has 4 aromatic rings. The molecule has 4 N–H and O–H groups in total. The van der Waals surface area contributed by atoms with Gasteiger partial charge in [-0.1, -0.05) is 6.07 Å². The summed E-state index contributed by atoms with van der Waals surface area (Å²) in [5.41, 5.74) is 2.31. The average molecular weight is 626 g/mol. The summed E-state index contributed by atoms with van der Waals surface area (Å²) >= 11 is 0. The normalized spacial score (nSPS) is 13.7. The number of carboxylic acids is 1. The van der Waals surface area contributed by atoms with Crippen molar-refractivity contribution >= 4 is 44.2 Å². The first kappa shape index (κ1) is 31.3. The van der Waals surface area contributed by atoms with Crippen molar-refractivity contribution in [2.75, 3.05) is 48.2 Å². The van der Waals surface area contributed by atoms with Crippen LogP contribution in [0.1, 0.15) is 0 Å². The van der Waals surface area contributed by atoms with Crippen molar-refractivity contribution in [2.24, 2.45) is 0 Å². The molecule has 11 nitrogen and oxygen atoms in total. The second-order valence-corrected chi connectivity index (χ2v) is 10.7. The van der Waals surface area contributed by atoms with Crippen LogP contribution in [-0.4, -0.2) is 73.8 Å². The van der Waals surface area contributed by atoms with Gasteiger partial charge in [0.1, 0.15) is 34.5 Å². The van der Waals surface area contributed by atoms with Crippen LogP contribution in [0.15, 0.2) is 59.9 Å². The average Bonchev–Trinajstić information content (AvgIpc) is 2.96. The molecule has 17 heteroatoms. The third-order valence-corrected chi connectivity index (χ3v) is 7.56. The summed E-state index contributed by atoms with van der Waals surface area (Å²) in [5, 5.41) is 14.1. The van der Waals surface area contributed by atoms with Gasteiger partial charge in [0.2, 0.25) is 0 Å². The highest BCUT2D eigenvalue weighted by atomic mass is 32.2. The number of hydrogen-bond donors (Lipinski definition) is 4. The SMILES string of the molecule is CNc1ncc(-c2ccc3ncnc(N4CCNCC4)c3c2)cc1NS(=O)(=O)c1ccc(F)cc1F.O=C(O)C(F)(F)F. The van der Waals surface area contributed by atoms with Crippen LogP contribution in [0.5, 0.6) is 0 Å². The molecule has 0 saturated carbocycles. The number of anilines is 3. The zero-order valence-electron chi connectivity index (χ0n) is 22.3. The largest absolute Gasteiger partial charge is 0.490 e. The van der Waals surface area contributed by atoms with Crippen molar-refractivity contribution in [2.45, 2.75) is 11.1 Å². The predicted molar refractivity (Wildman–Crippen MR) is 148 cm³/mol. The fourth-order valence-electron chi connectivity index (χ4n) is 4.14. The van der Waals surface area contributed by atoms with Gasteiger partial charge in [0.15, 0.2) is 0 Å². The molecule has 0 atom stereocenters. The Morgan fingerprint density at radius 1 is 1.00 bits per heavy atom. The Morgan fingerprint density at radius 2 is 1.70 bits per heavy atom. The van der Waals surface area contributed by atoms with Crippen LogP contribution in [0.3, 0.4) is 0 Å². The smallest absolute Gasteiger partial charge is 0.475 e. The molecule has 1 aliphatic heterocycles. The van der Waals surface area contributed by atoms with Gasteiger partial charge in [-0.15, -0.1) is 0 Å². The minimum atomic E-state index is -5.08. The topological polar surface area (TPSA) is 149 Å². The number of halogens is 5. The maximum Gasteiger partial charge on any atom is 0.490 e. The number of hydrogen-bond acceptors (Lipinski definition) is 9. The Kier molecular flexibility index (Phi) is 9.24. The number of aliphatic carboxylic acids is 1. The Morgan fingerprint density at radius 3 is 2.33 bits per heavy atom. The van der Waals surface area contributed by atoms with Crippen LogP contribution in [0, 0.1) is 11.6 Å². The van der Waals surface area contributed by atoms with Gasteiger partial charge in [-0.05, 0) is 35.9 Å². The lowest BCUT2D eigenvalue weighted by atomic mass is 10.0. The van der Waals surface area contributed by atoms with Crippen molar-refractivity contribution < 1.29 is 40.3 Å². The molecule has 3 heterocycles. The van der Waals surface area contributed by atoms with Gasteiger partial charge in [-0.2, -0.15) is 13.2 Å². The van der Waals surface area contributed by atoms with Gasteiger partial charge >= 0.3 is 12.1 Å². The van der Waals surface area contributed by atoms with Gasteiger partial charge in [-0.3, -0.25) is 4.72 Å². The number of nitrogens with one attached hydrogen (secondary N) is 3. The fourth-order valence-corrected chi connectivity index (χ4v) is 5.26.